The van der Waals surface area contributed by atoms with Crippen molar-refractivity contribution in [3.05, 3.63) is 48.6 Å². The van der Waals surface area contributed by atoms with Gasteiger partial charge >= 0.3 is 11.9 Å². The van der Waals surface area contributed by atoms with Gasteiger partial charge in [0.25, 0.3) is 0 Å². The first-order chi connectivity index (χ1) is 8.24. The van der Waals surface area contributed by atoms with E-state index in [9.17, 15) is 9.59 Å². The fraction of sp³-hybridized carbons (Fsp3) is 0.231. The zero-order valence-corrected chi connectivity index (χ0v) is 9.43. The molecule has 0 saturated carbocycles. The van der Waals surface area contributed by atoms with Crippen molar-refractivity contribution in [3.63, 3.8) is 0 Å². The maximum Gasteiger partial charge on any atom is 0.345 e. The second-order valence-corrected chi connectivity index (χ2v) is 3.24. The lowest BCUT2D eigenvalue weighted by Gasteiger charge is -2.03. The molecular formula is C13H14O4. The van der Waals surface area contributed by atoms with Crippen LogP contribution in [-0.2, 0) is 14.3 Å². The van der Waals surface area contributed by atoms with E-state index in [0.29, 0.717) is 12.2 Å². The molecule has 0 fully saturated rings. The molecule has 0 bridgehead atoms. The summed E-state index contributed by atoms with van der Waals surface area (Å²) < 4.78 is 9.64. The highest BCUT2D eigenvalue weighted by molar-refractivity contribution is 5.96. The fourth-order valence-corrected chi connectivity index (χ4v) is 1.11. The van der Waals surface area contributed by atoms with Gasteiger partial charge in [-0.15, -0.1) is 6.58 Å². The molecule has 0 aliphatic rings. The predicted octanol–water partition coefficient (Wildman–Crippen LogP) is 1.96. The van der Waals surface area contributed by atoms with Crippen LogP contribution in [0.5, 0.6) is 0 Å². The van der Waals surface area contributed by atoms with Crippen LogP contribution in [0.4, 0.5) is 0 Å². The number of rotatable bonds is 6. The van der Waals surface area contributed by atoms with Crippen molar-refractivity contribution >= 4 is 11.9 Å². The monoisotopic (exact) mass is 234 g/mol. The molecule has 0 aliphatic carbocycles. The van der Waals surface area contributed by atoms with Gasteiger partial charge in [-0.25, -0.2) is 4.79 Å². The van der Waals surface area contributed by atoms with E-state index in [1.54, 1.807) is 36.4 Å². The van der Waals surface area contributed by atoms with Gasteiger partial charge in [0.2, 0.25) is 0 Å². The quantitative estimate of drug-likeness (QED) is 0.327. The van der Waals surface area contributed by atoms with Crippen LogP contribution in [0.3, 0.4) is 0 Å². The number of hydrogen-bond donors (Lipinski definition) is 0. The summed E-state index contributed by atoms with van der Waals surface area (Å²) in [4.78, 5) is 22.7. The molecule has 0 atom stereocenters. The van der Waals surface area contributed by atoms with E-state index < -0.39 is 11.9 Å². The molecule has 4 nitrogen and oxygen atoms in total. The van der Waals surface area contributed by atoms with Crippen molar-refractivity contribution in [2.24, 2.45) is 0 Å². The van der Waals surface area contributed by atoms with E-state index in [-0.39, 0.29) is 13.0 Å². The number of hydrogen-bond acceptors (Lipinski definition) is 4. The molecule has 1 aromatic carbocycles. The number of carbonyl (C=O) groups is 2. The second kappa shape index (κ2) is 7.35. The molecular weight excluding hydrogens is 220 g/mol. The Labute approximate surface area is 99.8 Å². The first-order valence-corrected chi connectivity index (χ1v) is 5.22. The molecule has 0 saturated heterocycles. The normalized spacial score (nSPS) is 9.65. The van der Waals surface area contributed by atoms with Gasteiger partial charge < -0.3 is 9.47 Å². The van der Waals surface area contributed by atoms with Crippen LogP contribution >= 0.6 is 0 Å². The van der Waals surface area contributed by atoms with E-state index in [1.807, 2.05) is 0 Å². The Balaban J connectivity index is 2.31. The Morgan fingerprint density at radius 3 is 2.59 bits per heavy atom. The van der Waals surface area contributed by atoms with E-state index >= 15 is 0 Å². The molecule has 0 amide bonds. The highest BCUT2D eigenvalue weighted by Gasteiger charge is 2.11. The third-order valence-electron chi connectivity index (χ3n) is 1.90. The molecule has 0 N–H and O–H groups in total. The Bertz CT molecular complexity index is 384. The number of carbonyl (C=O) groups excluding carboxylic acids is 2. The van der Waals surface area contributed by atoms with Gasteiger partial charge in [0.05, 0.1) is 25.2 Å². The second-order valence-electron chi connectivity index (χ2n) is 3.24. The topological polar surface area (TPSA) is 52.6 Å². The van der Waals surface area contributed by atoms with Gasteiger partial charge in [-0.2, -0.15) is 0 Å². The molecule has 90 valence electrons. The molecule has 0 aromatic heterocycles. The van der Waals surface area contributed by atoms with Gasteiger partial charge in [0, 0.05) is 0 Å². The van der Waals surface area contributed by atoms with Crippen molar-refractivity contribution in [1.82, 2.24) is 0 Å². The van der Waals surface area contributed by atoms with Crippen LogP contribution in [0.1, 0.15) is 16.8 Å². The van der Waals surface area contributed by atoms with Gasteiger partial charge in [-0.05, 0) is 12.1 Å². The van der Waals surface area contributed by atoms with E-state index in [0.717, 1.165) is 0 Å². The van der Waals surface area contributed by atoms with Crippen LogP contribution in [0.15, 0.2) is 43.0 Å². The Hall–Kier alpha value is -1.94. The van der Waals surface area contributed by atoms with Crippen LogP contribution < -0.4 is 0 Å². The summed E-state index contributed by atoms with van der Waals surface area (Å²) in [5, 5.41) is 0. The molecule has 4 heteroatoms. The first-order valence-electron chi connectivity index (χ1n) is 5.22. The average molecular weight is 234 g/mol. The zero-order valence-electron chi connectivity index (χ0n) is 9.43. The maximum absolute atomic E-state index is 11.4. The van der Waals surface area contributed by atoms with Gasteiger partial charge in [0.15, 0.2) is 0 Å². The summed E-state index contributed by atoms with van der Waals surface area (Å²) >= 11 is 0. The highest BCUT2D eigenvalue weighted by Crippen LogP contribution is 2.02. The van der Waals surface area contributed by atoms with Crippen molar-refractivity contribution < 1.29 is 19.1 Å². The predicted molar refractivity (Wildman–Crippen MR) is 62.5 cm³/mol. The summed E-state index contributed by atoms with van der Waals surface area (Å²) in [5.41, 5.74) is 0.354. The van der Waals surface area contributed by atoms with Crippen LogP contribution in [0, 0.1) is 0 Å². The summed E-state index contributed by atoms with van der Waals surface area (Å²) in [6.45, 7) is 4.06. The standard InChI is InChI=1S/C13H14O4/c1-2-9-16-10-8-12(14)17-13(15)11-6-4-3-5-7-11/h2-7H,1,8-10H2. The molecule has 0 heterocycles. The van der Waals surface area contributed by atoms with E-state index in [1.165, 1.54) is 0 Å². The number of ether oxygens (including phenoxy) is 2. The molecule has 0 spiro atoms. The van der Waals surface area contributed by atoms with E-state index in [2.05, 4.69) is 11.3 Å². The molecule has 1 rings (SSSR count). The lowest BCUT2D eigenvalue weighted by Crippen LogP contribution is -2.14. The summed E-state index contributed by atoms with van der Waals surface area (Å²) in [6, 6.07) is 8.36. The minimum absolute atomic E-state index is 0.0480. The summed E-state index contributed by atoms with van der Waals surface area (Å²) in [7, 11) is 0. The van der Waals surface area contributed by atoms with Crippen LogP contribution in [0.25, 0.3) is 0 Å². The Kier molecular flexibility index (Phi) is 5.68. The SMILES string of the molecule is C=CCOCCC(=O)OC(=O)c1ccccc1. The first kappa shape index (κ1) is 13.1. The minimum Gasteiger partial charge on any atom is -0.389 e. The van der Waals surface area contributed by atoms with Crippen molar-refractivity contribution in [2.75, 3.05) is 13.2 Å². The molecule has 17 heavy (non-hydrogen) atoms. The Morgan fingerprint density at radius 1 is 1.24 bits per heavy atom. The largest absolute Gasteiger partial charge is 0.389 e. The minimum atomic E-state index is -0.640. The summed E-state index contributed by atoms with van der Waals surface area (Å²) in [6.07, 6.45) is 1.63. The highest BCUT2D eigenvalue weighted by atomic mass is 16.6. The van der Waals surface area contributed by atoms with Crippen LogP contribution in [0.2, 0.25) is 0 Å². The average Bonchev–Trinajstić information content (AvgIpc) is 2.36. The molecule has 0 radical (unpaired) electrons. The lowest BCUT2D eigenvalue weighted by molar-refractivity contribution is -0.139. The lowest BCUT2D eigenvalue weighted by atomic mass is 10.2. The Morgan fingerprint density at radius 2 is 1.94 bits per heavy atom. The van der Waals surface area contributed by atoms with Crippen molar-refractivity contribution in [2.45, 2.75) is 6.42 Å². The molecule has 0 unspecified atom stereocenters. The van der Waals surface area contributed by atoms with Gasteiger partial charge in [0.1, 0.15) is 0 Å². The van der Waals surface area contributed by atoms with E-state index in [4.69, 9.17) is 4.74 Å². The van der Waals surface area contributed by atoms with Crippen LogP contribution in [-0.4, -0.2) is 25.2 Å². The fourth-order valence-electron chi connectivity index (χ4n) is 1.11. The van der Waals surface area contributed by atoms with Gasteiger partial charge in [-0.3, -0.25) is 4.79 Å². The smallest absolute Gasteiger partial charge is 0.345 e. The van der Waals surface area contributed by atoms with Crippen molar-refractivity contribution in [1.29, 1.82) is 0 Å². The molecule has 0 aliphatic heterocycles. The summed E-state index contributed by atoms with van der Waals surface area (Å²) in [5.74, 6) is -1.23. The number of benzene rings is 1. The maximum atomic E-state index is 11.4. The molecule has 1 aromatic rings. The number of esters is 2. The zero-order chi connectivity index (χ0) is 12.5. The third-order valence-corrected chi connectivity index (χ3v) is 1.90. The van der Waals surface area contributed by atoms with Gasteiger partial charge in [-0.1, -0.05) is 24.3 Å². The van der Waals surface area contributed by atoms with Crippen molar-refractivity contribution in [3.8, 4) is 0 Å². The third kappa shape index (κ3) is 5.08.